The average Bonchev–Trinajstić information content (AvgIpc) is 2.79. The van der Waals surface area contributed by atoms with Crippen molar-refractivity contribution in [2.75, 3.05) is 48.1 Å². The number of methoxy groups -OCH3 is 3. The molecule has 1 fully saturated rings. The molecule has 1 heterocycles. The van der Waals surface area contributed by atoms with Gasteiger partial charge in [-0.3, -0.25) is 4.99 Å². The highest BCUT2D eigenvalue weighted by molar-refractivity contribution is 14.0. The Hall–Kier alpha value is -2.20. The maximum atomic E-state index is 6.05. The topological polar surface area (TPSA) is 64.6 Å². The molecule has 31 heavy (non-hydrogen) atoms. The molecular weight excluding hydrogens is 509 g/mol. The molecule has 0 radical (unpaired) electrons. The molecule has 0 amide bonds. The minimum Gasteiger partial charge on any atom is -0.493 e. The number of ether oxygens (including phenoxy) is 4. The van der Waals surface area contributed by atoms with Crippen molar-refractivity contribution in [2.45, 2.75) is 19.6 Å². The molecule has 7 nitrogen and oxygen atoms in total. The smallest absolute Gasteiger partial charge is 0.203 e. The lowest BCUT2D eigenvalue weighted by atomic mass is 10.0. The van der Waals surface area contributed by atoms with Gasteiger partial charge < -0.3 is 29.2 Å². The van der Waals surface area contributed by atoms with E-state index in [-0.39, 0.29) is 30.1 Å². The van der Waals surface area contributed by atoms with Gasteiger partial charge in [0.05, 0.1) is 34.5 Å². The summed E-state index contributed by atoms with van der Waals surface area (Å²) in [6.45, 7) is 4.84. The monoisotopic (exact) mass is 541 g/mol. The van der Waals surface area contributed by atoms with Crippen LogP contribution < -0.4 is 19.5 Å². The summed E-state index contributed by atoms with van der Waals surface area (Å²) in [5, 5.41) is 3.45. The van der Waals surface area contributed by atoms with Crippen LogP contribution in [0.15, 0.2) is 41.4 Å². The number of guanidine groups is 1. The predicted molar refractivity (Wildman–Crippen MR) is 133 cm³/mol. The van der Waals surface area contributed by atoms with Crippen molar-refractivity contribution in [3.8, 4) is 17.2 Å². The van der Waals surface area contributed by atoms with Gasteiger partial charge in [-0.25, -0.2) is 0 Å². The number of hydrogen-bond acceptors (Lipinski definition) is 5. The second-order valence-corrected chi connectivity index (χ2v) is 7.06. The van der Waals surface area contributed by atoms with E-state index in [1.807, 2.05) is 12.1 Å². The number of nitrogens with one attached hydrogen (secondary N) is 1. The van der Waals surface area contributed by atoms with Gasteiger partial charge in [-0.2, -0.15) is 0 Å². The number of benzene rings is 2. The van der Waals surface area contributed by atoms with Crippen LogP contribution in [0.5, 0.6) is 17.2 Å². The first-order chi connectivity index (χ1) is 14.6. The van der Waals surface area contributed by atoms with Gasteiger partial charge in [0.2, 0.25) is 5.75 Å². The van der Waals surface area contributed by atoms with Crippen LogP contribution >= 0.6 is 24.0 Å². The van der Waals surface area contributed by atoms with Gasteiger partial charge in [-0.15, -0.1) is 24.0 Å². The van der Waals surface area contributed by atoms with Gasteiger partial charge >= 0.3 is 0 Å². The SMILES string of the molecule is CN=C(NCc1ccc(OC)c(OC)c1OC)N1CCOC(c2ccccc2C)C1.I. The van der Waals surface area contributed by atoms with Crippen LogP contribution in [0, 0.1) is 6.92 Å². The molecule has 1 aliphatic heterocycles. The summed E-state index contributed by atoms with van der Waals surface area (Å²) >= 11 is 0. The number of halogens is 1. The van der Waals surface area contributed by atoms with E-state index in [1.54, 1.807) is 28.4 Å². The number of aryl methyl sites for hydroxylation is 1. The van der Waals surface area contributed by atoms with Crippen molar-refractivity contribution in [2.24, 2.45) is 4.99 Å². The highest BCUT2D eigenvalue weighted by Gasteiger charge is 2.25. The Balaban J connectivity index is 0.00000341. The van der Waals surface area contributed by atoms with Crippen LogP contribution in [-0.4, -0.2) is 58.9 Å². The van der Waals surface area contributed by atoms with Crippen molar-refractivity contribution in [3.05, 3.63) is 53.1 Å². The number of rotatable bonds is 6. The molecule has 1 atom stereocenters. The van der Waals surface area contributed by atoms with Crippen LogP contribution in [0.1, 0.15) is 22.8 Å². The molecule has 1 aliphatic rings. The zero-order valence-corrected chi connectivity index (χ0v) is 21.1. The maximum Gasteiger partial charge on any atom is 0.203 e. The molecule has 0 aromatic heterocycles. The Morgan fingerprint density at radius 1 is 1.10 bits per heavy atom. The lowest BCUT2D eigenvalue weighted by Gasteiger charge is -2.35. The molecule has 0 spiro atoms. The average molecular weight is 541 g/mol. The summed E-state index contributed by atoms with van der Waals surface area (Å²) in [5.74, 6) is 2.70. The van der Waals surface area contributed by atoms with E-state index >= 15 is 0 Å². The van der Waals surface area contributed by atoms with E-state index in [4.69, 9.17) is 18.9 Å². The van der Waals surface area contributed by atoms with E-state index in [1.165, 1.54) is 11.1 Å². The number of aliphatic imine (C=N–C) groups is 1. The van der Waals surface area contributed by atoms with E-state index < -0.39 is 0 Å². The molecule has 3 rings (SSSR count). The van der Waals surface area contributed by atoms with E-state index in [9.17, 15) is 0 Å². The minimum atomic E-state index is 0. The van der Waals surface area contributed by atoms with Crippen molar-refractivity contribution >= 4 is 29.9 Å². The lowest BCUT2D eigenvalue weighted by Crippen LogP contribution is -2.48. The van der Waals surface area contributed by atoms with Crippen LogP contribution in [-0.2, 0) is 11.3 Å². The Morgan fingerprint density at radius 2 is 1.84 bits per heavy atom. The molecule has 0 bridgehead atoms. The molecule has 1 unspecified atom stereocenters. The highest BCUT2D eigenvalue weighted by atomic mass is 127. The molecule has 8 heteroatoms. The Kier molecular flexibility index (Phi) is 9.70. The first-order valence-electron chi connectivity index (χ1n) is 10.0. The predicted octanol–water partition coefficient (Wildman–Crippen LogP) is 3.79. The zero-order chi connectivity index (χ0) is 21.5. The maximum absolute atomic E-state index is 6.05. The summed E-state index contributed by atoms with van der Waals surface area (Å²) < 4.78 is 22.5. The molecular formula is C23H32IN3O4. The second-order valence-electron chi connectivity index (χ2n) is 7.06. The normalized spacial score (nSPS) is 16.4. The van der Waals surface area contributed by atoms with Gasteiger partial charge in [0.25, 0.3) is 0 Å². The standard InChI is InChI=1S/C23H31N3O4.HI/c1-16-8-6-7-9-18(16)20-15-26(12-13-30-20)23(24-2)25-14-17-10-11-19(27-3)22(29-5)21(17)28-4;/h6-11,20H,12-15H2,1-5H3,(H,24,25);1H. The van der Waals surface area contributed by atoms with Gasteiger partial charge in [0.1, 0.15) is 6.10 Å². The minimum absolute atomic E-state index is 0. The third-order valence-electron chi connectivity index (χ3n) is 5.34. The van der Waals surface area contributed by atoms with E-state index in [2.05, 4.69) is 46.4 Å². The molecule has 0 aliphatic carbocycles. The van der Waals surface area contributed by atoms with Gasteiger partial charge in [-0.1, -0.05) is 24.3 Å². The summed E-state index contributed by atoms with van der Waals surface area (Å²) in [4.78, 5) is 6.72. The van der Waals surface area contributed by atoms with Gasteiger partial charge in [0, 0.05) is 25.7 Å². The summed E-state index contributed by atoms with van der Waals surface area (Å²) in [5.41, 5.74) is 3.42. The summed E-state index contributed by atoms with van der Waals surface area (Å²) in [6.07, 6.45) is 0.0223. The quantitative estimate of drug-likeness (QED) is 0.341. The molecule has 0 saturated carbocycles. The molecule has 2 aromatic rings. The summed E-state index contributed by atoms with van der Waals surface area (Å²) in [6, 6.07) is 12.2. The first kappa shape index (κ1) is 25.1. The molecule has 2 aromatic carbocycles. The van der Waals surface area contributed by atoms with Crippen LogP contribution in [0.3, 0.4) is 0 Å². The Labute approximate surface area is 201 Å². The number of morpholine rings is 1. The Bertz CT molecular complexity index is 891. The van der Waals surface area contributed by atoms with Crippen molar-refractivity contribution in [1.29, 1.82) is 0 Å². The van der Waals surface area contributed by atoms with Crippen molar-refractivity contribution in [3.63, 3.8) is 0 Å². The summed E-state index contributed by atoms with van der Waals surface area (Å²) in [7, 11) is 6.65. The van der Waals surface area contributed by atoms with Crippen molar-refractivity contribution in [1.82, 2.24) is 10.2 Å². The third-order valence-corrected chi connectivity index (χ3v) is 5.34. The van der Waals surface area contributed by atoms with Gasteiger partial charge in [-0.05, 0) is 30.2 Å². The largest absolute Gasteiger partial charge is 0.493 e. The molecule has 1 N–H and O–H groups in total. The zero-order valence-electron chi connectivity index (χ0n) is 18.8. The van der Waals surface area contributed by atoms with E-state index in [0.29, 0.717) is 30.4 Å². The Morgan fingerprint density at radius 3 is 2.48 bits per heavy atom. The van der Waals surface area contributed by atoms with E-state index in [0.717, 1.165) is 24.6 Å². The second kappa shape index (κ2) is 12.0. The lowest BCUT2D eigenvalue weighted by molar-refractivity contribution is -0.00834. The molecule has 1 saturated heterocycles. The fraction of sp³-hybridized carbons (Fsp3) is 0.435. The molecule has 170 valence electrons. The number of nitrogens with zero attached hydrogens (tertiary/aromatic N) is 2. The fourth-order valence-electron chi connectivity index (χ4n) is 3.79. The van der Waals surface area contributed by atoms with Gasteiger partial charge in [0.15, 0.2) is 17.5 Å². The number of hydrogen-bond donors (Lipinski definition) is 1. The highest BCUT2D eigenvalue weighted by Crippen LogP contribution is 2.39. The third kappa shape index (κ3) is 5.74. The van der Waals surface area contributed by atoms with Crippen LogP contribution in [0.2, 0.25) is 0 Å². The van der Waals surface area contributed by atoms with Crippen molar-refractivity contribution < 1.29 is 18.9 Å². The van der Waals surface area contributed by atoms with Crippen LogP contribution in [0.4, 0.5) is 0 Å². The fourth-order valence-corrected chi connectivity index (χ4v) is 3.79. The first-order valence-corrected chi connectivity index (χ1v) is 10.0. The van der Waals surface area contributed by atoms with Crippen LogP contribution in [0.25, 0.3) is 0 Å².